The van der Waals surface area contributed by atoms with Gasteiger partial charge in [0.2, 0.25) is 6.79 Å². The van der Waals surface area contributed by atoms with E-state index in [0.29, 0.717) is 17.1 Å². The van der Waals surface area contributed by atoms with Crippen molar-refractivity contribution >= 4 is 11.8 Å². The highest BCUT2D eigenvalue weighted by Gasteiger charge is 2.19. The molecule has 0 fully saturated rings. The van der Waals surface area contributed by atoms with E-state index < -0.39 is 11.8 Å². The molecule has 0 aliphatic rings. The van der Waals surface area contributed by atoms with E-state index in [2.05, 4.69) is 0 Å². The van der Waals surface area contributed by atoms with Gasteiger partial charge in [0.1, 0.15) is 28.7 Å². The molecule has 34 heavy (non-hydrogen) atoms. The van der Waals surface area contributed by atoms with E-state index >= 15 is 0 Å². The fourth-order valence-corrected chi connectivity index (χ4v) is 3.13. The number of para-hydroxylation sites is 1. The van der Waals surface area contributed by atoms with Crippen molar-refractivity contribution in [2.45, 2.75) is 0 Å². The molecule has 4 aromatic rings. The van der Waals surface area contributed by atoms with Crippen LogP contribution in [-0.2, 0) is 0 Å². The molecule has 0 spiro atoms. The van der Waals surface area contributed by atoms with Crippen molar-refractivity contribution in [3.05, 3.63) is 114 Å². The summed E-state index contributed by atoms with van der Waals surface area (Å²) in [5.74, 6) is -0.898. The highest BCUT2D eigenvalue weighted by Crippen LogP contribution is 2.31. The number of aromatic hydroxyl groups is 2. The normalized spacial score (nSPS) is 10.4. The lowest BCUT2D eigenvalue weighted by Gasteiger charge is -2.11. The standard InChI is InChI=1S/C27H20O7/c28-24-15-20(33-17-32-19-9-5-2-6-10-19)11-13-22(24)26(30)23-14-12-21(16-25(23)29)34-27(31)18-7-3-1-4-8-18/h1-16,28-29H,17H2. The minimum atomic E-state index is -0.608. The first-order valence-corrected chi connectivity index (χ1v) is 10.3. The average molecular weight is 456 g/mol. The van der Waals surface area contributed by atoms with Crippen LogP contribution in [0.2, 0.25) is 0 Å². The smallest absolute Gasteiger partial charge is 0.343 e. The number of carbonyl (C=O) groups is 2. The number of hydrogen-bond donors (Lipinski definition) is 2. The van der Waals surface area contributed by atoms with Gasteiger partial charge in [-0.25, -0.2) is 4.79 Å². The largest absolute Gasteiger partial charge is 0.507 e. The number of carbonyl (C=O) groups excluding carboxylic acids is 2. The first-order valence-electron chi connectivity index (χ1n) is 10.3. The van der Waals surface area contributed by atoms with Crippen molar-refractivity contribution < 1.29 is 34.0 Å². The van der Waals surface area contributed by atoms with Gasteiger partial charge in [0.05, 0.1) is 16.7 Å². The maximum Gasteiger partial charge on any atom is 0.343 e. The molecule has 0 aliphatic carbocycles. The molecule has 0 radical (unpaired) electrons. The Morgan fingerprint density at radius 1 is 0.618 bits per heavy atom. The van der Waals surface area contributed by atoms with Crippen LogP contribution in [0.4, 0.5) is 0 Å². The maximum atomic E-state index is 12.9. The molecule has 0 heterocycles. The lowest BCUT2D eigenvalue weighted by molar-refractivity contribution is 0.0734. The average Bonchev–Trinajstić information content (AvgIpc) is 2.85. The first-order chi connectivity index (χ1) is 16.5. The first kappa shape index (κ1) is 22.4. The Hall–Kier alpha value is -4.78. The van der Waals surface area contributed by atoms with Gasteiger partial charge in [-0.3, -0.25) is 4.79 Å². The molecule has 0 atom stereocenters. The Kier molecular flexibility index (Phi) is 6.74. The van der Waals surface area contributed by atoms with Crippen molar-refractivity contribution in [3.63, 3.8) is 0 Å². The molecule has 4 aromatic carbocycles. The Morgan fingerprint density at radius 2 is 1.15 bits per heavy atom. The van der Waals surface area contributed by atoms with E-state index in [0.717, 1.165) is 0 Å². The van der Waals surface area contributed by atoms with Crippen LogP contribution in [0.3, 0.4) is 0 Å². The molecule has 7 nitrogen and oxygen atoms in total. The summed E-state index contributed by atoms with van der Waals surface area (Å²) in [5.41, 5.74) is 0.264. The number of ether oxygens (including phenoxy) is 3. The second-order valence-corrected chi connectivity index (χ2v) is 7.16. The fraction of sp³-hybridized carbons (Fsp3) is 0.0370. The van der Waals surface area contributed by atoms with Crippen LogP contribution < -0.4 is 14.2 Å². The SMILES string of the molecule is O=C(Oc1ccc(C(=O)c2ccc(OCOc3ccccc3)cc2O)c(O)c1)c1ccccc1. The summed E-state index contributed by atoms with van der Waals surface area (Å²) < 4.78 is 16.1. The number of phenolic OH excluding ortho intramolecular Hbond substituents is 2. The van der Waals surface area contributed by atoms with Crippen molar-refractivity contribution in [3.8, 4) is 28.7 Å². The molecule has 4 rings (SSSR count). The van der Waals surface area contributed by atoms with Gasteiger partial charge in [0, 0.05) is 12.1 Å². The van der Waals surface area contributed by atoms with Gasteiger partial charge in [-0.15, -0.1) is 0 Å². The number of esters is 1. The number of ketones is 1. The van der Waals surface area contributed by atoms with E-state index in [1.807, 2.05) is 18.2 Å². The minimum absolute atomic E-state index is 0.0272. The summed E-state index contributed by atoms with van der Waals surface area (Å²) in [7, 11) is 0. The summed E-state index contributed by atoms with van der Waals surface area (Å²) in [6, 6.07) is 25.5. The molecule has 0 aromatic heterocycles. The van der Waals surface area contributed by atoms with Crippen LogP contribution in [0.25, 0.3) is 0 Å². The number of phenols is 2. The van der Waals surface area contributed by atoms with Crippen LogP contribution in [-0.4, -0.2) is 28.8 Å². The molecule has 170 valence electrons. The maximum absolute atomic E-state index is 12.9. The van der Waals surface area contributed by atoms with E-state index in [9.17, 15) is 19.8 Å². The Labute approximate surface area is 195 Å². The topological polar surface area (TPSA) is 102 Å². The third-order valence-electron chi connectivity index (χ3n) is 4.84. The van der Waals surface area contributed by atoms with Crippen molar-refractivity contribution in [1.29, 1.82) is 0 Å². The highest BCUT2D eigenvalue weighted by atomic mass is 16.7. The predicted molar refractivity (Wildman–Crippen MR) is 124 cm³/mol. The lowest BCUT2D eigenvalue weighted by atomic mass is 10.0. The van der Waals surface area contributed by atoms with Crippen molar-refractivity contribution in [1.82, 2.24) is 0 Å². The van der Waals surface area contributed by atoms with Gasteiger partial charge < -0.3 is 24.4 Å². The number of hydrogen-bond acceptors (Lipinski definition) is 7. The van der Waals surface area contributed by atoms with Crippen molar-refractivity contribution in [2.75, 3.05) is 6.79 Å². The van der Waals surface area contributed by atoms with Gasteiger partial charge in [-0.2, -0.15) is 0 Å². The third-order valence-corrected chi connectivity index (χ3v) is 4.84. The molecular weight excluding hydrogens is 436 g/mol. The van der Waals surface area contributed by atoms with Crippen LogP contribution >= 0.6 is 0 Å². The molecule has 0 bridgehead atoms. The Morgan fingerprint density at radius 3 is 1.76 bits per heavy atom. The monoisotopic (exact) mass is 456 g/mol. The second-order valence-electron chi connectivity index (χ2n) is 7.16. The van der Waals surface area contributed by atoms with Crippen molar-refractivity contribution in [2.24, 2.45) is 0 Å². The van der Waals surface area contributed by atoms with Gasteiger partial charge in [0.25, 0.3) is 0 Å². The van der Waals surface area contributed by atoms with Crippen LogP contribution in [0.1, 0.15) is 26.3 Å². The zero-order valence-corrected chi connectivity index (χ0v) is 17.9. The summed E-state index contributed by atoms with van der Waals surface area (Å²) >= 11 is 0. The molecule has 0 amide bonds. The van der Waals surface area contributed by atoms with Crippen LogP contribution in [0.5, 0.6) is 28.7 Å². The van der Waals surface area contributed by atoms with Gasteiger partial charge in [-0.1, -0.05) is 36.4 Å². The summed E-state index contributed by atoms with van der Waals surface area (Å²) in [6.45, 7) is -0.0826. The number of rotatable bonds is 8. The fourth-order valence-electron chi connectivity index (χ4n) is 3.13. The minimum Gasteiger partial charge on any atom is -0.507 e. The number of benzene rings is 4. The lowest BCUT2D eigenvalue weighted by Crippen LogP contribution is -2.09. The van der Waals surface area contributed by atoms with Gasteiger partial charge >= 0.3 is 5.97 Å². The third kappa shape index (κ3) is 5.34. The molecule has 0 saturated heterocycles. The van der Waals surface area contributed by atoms with E-state index in [1.54, 1.807) is 42.5 Å². The molecule has 0 unspecified atom stereocenters. The van der Waals surface area contributed by atoms with Gasteiger partial charge in [-0.05, 0) is 48.5 Å². The van der Waals surface area contributed by atoms with Crippen LogP contribution in [0.15, 0.2) is 97.1 Å². The molecular formula is C27H20O7. The molecule has 0 saturated carbocycles. The van der Waals surface area contributed by atoms with E-state index in [-0.39, 0.29) is 35.2 Å². The zero-order valence-electron chi connectivity index (χ0n) is 17.9. The summed E-state index contributed by atoms with van der Waals surface area (Å²) in [6.07, 6.45) is 0. The zero-order chi connectivity index (χ0) is 23.9. The summed E-state index contributed by atoms with van der Waals surface area (Å²) in [5, 5.41) is 20.7. The molecule has 7 heteroatoms. The van der Waals surface area contributed by atoms with Crippen LogP contribution in [0, 0.1) is 0 Å². The molecule has 2 N–H and O–H groups in total. The predicted octanol–water partition coefficient (Wildman–Crippen LogP) is 4.96. The Bertz CT molecular complexity index is 1300. The van der Waals surface area contributed by atoms with Gasteiger partial charge in [0.15, 0.2) is 5.78 Å². The molecule has 0 aliphatic heterocycles. The van der Waals surface area contributed by atoms with E-state index in [1.165, 1.54) is 36.4 Å². The summed E-state index contributed by atoms with van der Waals surface area (Å²) in [4.78, 5) is 25.0. The second kappa shape index (κ2) is 10.2. The highest BCUT2D eigenvalue weighted by molar-refractivity contribution is 6.12. The Balaban J connectivity index is 1.42. The van der Waals surface area contributed by atoms with E-state index in [4.69, 9.17) is 14.2 Å². The quantitative estimate of drug-likeness (QED) is 0.167.